The zero-order valence-electron chi connectivity index (χ0n) is 13.5. The van der Waals surface area contributed by atoms with Crippen molar-refractivity contribution in [1.29, 1.82) is 0 Å². The zero-order valence-corrected chi connectivity index (χ0v) is 14.3. The number of thiocarbonyl (C=S) groups is 1. The maximum Gasteiger partial charge on any atom is 0.242 e. The Morgan fingerprint density at radius 1 is 1.23 bits per heavy atom. The smallest absolute Gasteiger partial charge is 0.242 e. The second kappa shape index (κ2) is 7.56. The van der Waals surface area contributed by atoms with Gasteiger partial charge in [-0.3, -0.25) is 4.79 Å². The van der Waals surface area contributed by atoms with Gasteiger partial charge in [0, 0.05) is 38.9 Å². The molecular weight excluding hydrogens is 296 g/mol. The molecule has 0 atom stereocenters. The van der Waals surface area contributed by atoms with Crippen molar-refractivity contribution in [1.82, 2.24) is 14.7 Å². The van der Waals surface area contributed by atoms with Crippen LogP contribution >= 0.6 is 12.2 Å². The van der Waals surface area contributed by atoms with Crippen molar-refractivity contribution in [3.63, 3.8) is 0 Å². The molecule has 0 aliphatic carbocycles. The van der Waals surface area contributed by atoms with Crippen LogP contribution in [0.25, 0.3) is 0 Å². The second-order valence-electron chi connectivity index (χ2n) is 5.84. The number of piperazine rings is 1. The number of nitrogens with zero attached hydrogens (tertiary/aromatic N) is 3. The minimum Gasteiger partial charge on any atom is -0.343 e. The van der Waals surface area contributed by atoms with Crippen LogP contribution in [0.15, 0.2) is 24.3 Å². The monoisotopic (exact) mass is 320 g/mol. The van der Waals surface area contributed by atoms with E-state index in [4.69, 9.17) is 12.2 Å². The number of nitrogens with one attached hydrogen (secondary N) is 1. The van der Waals surface area contributed by atoms with Crippen LogP contribution in [0.4, 0.5) is 5.69 Å². The third-order valence-corrected chi connectivity index (χ3v) is 4.29. The number of carbonyl (C=O) groups is 1. The Bertz CT molecular complexity index is 523. The third kappa shape index (κ3) is 4.68. The van der Waals surface area contributed by atoms with E-state index < -0.39 is 0 Å². The molecule has 1 aliphatic heterocycles. The van der Waals surface area contributed by atoms with Crippen molar-refractivity contribution < 1.29 is 4.79 Å². The Hall–Kier alpha value is -1.66. The number of benzene rings is 1. The van der Waals surface area contributed by atoms with Gasteiger partial charge in [-0.25, -0.2) is 0 Å². The highest BCUT2D eigenvalue weighted by atomic mass is 32.1. The van der Waals surface area contributed by atoms with Gasteiger partial charge >= 0.3 is 0 Å². The predicted octanol–water partition coefficient (Wildman–Crippen LogP) is 1.40. The topological polar surface area (TPSA) is 38.8 Å². The molecule has 120 valence electrons. The second-order valence-corrected chi connectivity index (χ2v) is 6.22. The Morgan fingerprint density at radius 2 is 1.82 bits per heavy atom. The molecule has 1 aromatic rings. The van der Waals surface area contributed by atoms with Gasteiger partial charge < -0.3 is 20.0 Å². The van der Waals surface area contributed by atoms with Crippen LogP contribution in [0.2, 0.25) is 0 Å². The van der Waals surface area contributed by atoms with Crippen LogP contribution in [0.5, 0.6) is 0 Å². The fourth-order valence-corrected chi connectivity index (χ4v) is 2.47. The minimum absolute atomic E-state index is 0.128. The standard InChI is InChI=1S/C16H24N4OS/c1-13-4-6-14(7-5-13)17-16(22)19(3)12-15(21)20-10-8-18(2)9-11-20/h4-7H,8-12H2,1-3H3,(H,17,22). The quantitative estimate of drug-likeness (QED) is 0.852. The van der Waals surface area contributed by atoms with Gasteiger partial charge in [-0.1, -0.05) is 17.7 Å². The molecule has 0 saturated carbocycles. The van der Waals surface area contributed by atoms with Gasteiger partial charge in [0.2, 0.25) is 5.91 Å². The van der Waals surface area contributed by atoms with Crippen LogP contribution in [-0.4, -0.2) is 72.5 Å². The van der Waals surface area contributed by atoms with Gasteiger partial charge in [-0.2, -0.15) is 0 Å². The number of hydrogen-bond donors (Lipinski definition) is 1. The summed E-state index contributed by atoms with van der Waals surface area (Å²) >= 11 is 5.37. The summed E-state index contributed by atoms with van der Waals surface area (Å²) in [5.74, 6) is 0.128. The fourth-order valence-electron chi connectivity index (χ4n) is 2.29. The third-order valence-electron chi connectivity index (χ3n) is 3.88. The van der Waals surface area contributed by atoms with Gasteiger partial charge in [0.15, 0.2) is 5.11 Å². The summed E-state index contributed by atoms with van der Waals surface area (Å²) in [6, 6.07) is 8.02. The van der Waals surface area contributed by atoms with Gasteiger partial charge in [-0.15, -0.1) is 0 Å². The van der Waals surface area contributed by atoms with Gasteiger partial charge in [-0.05, 0) is 38.3 Å². The highest BCUT2D eigenvalue weighted by Gasteiger charge is 2.20. The Kier molecular flexibility index (Phi) is 5.74. The van der Waals surface area contributed by atoms with Gasteiger partial charge in [0.1, 0.15) is 0 Å². The molecule has 1 amide bonds. The largest absolute Gasteiger partial charge is 0.343 e. The Morgan fingerprint density at radius 3 is 2.41 bits per heavy atom. The lowest BCUT2D eigenvalue weighted by Gasteiger charge is -2.33. The van der Waals surface area contributed by atoms with E-state index in [9.17, 15) is 4.79 Å². The Labute approximate surface area is 137 Å². The van der Waals surface area contributed by atoms with Crippen molar-refractivity contribution in [2.24, 2.45) is 0 Å². The summed E-state index contributed by atoms with van der Waals surface area (Å²) in [6.07, 6.45) is 0. The van der Waals surface area contributed by atoms with E-state index in [1.54, 1.807) is 4.90 Å². The SMILES string of the molecule is Cc1ccc(NC(=S)N(C)CC(=O)N2CCN(C)CC2)cc1. The maximum atomic E-state index is 12.3. The molecule has 0 unspecified atom stereocenters. The van der Waals surface area contributed by atoms with E-state index in [1.165, 1.54) is 5.56 Å². The molecule has 0 spiro atoms. The van der Waals surface area contributed by atoms with Crippen LogP contribution in [0.1, 0.15) is 5.56 Å². The highest BCUT2D eigenvalue weighted by molar-refractivity contribution is 7.80. The van der Waals surface area contributed by atoms with E-state index in [2.05, 4.69) is 17.3 Å². The summed E-state index contributed by atoms with van der Waals surface area (Å²) in [4.78, 5) is 18.2. The Balaban J connectivity index is 1.83. The van der Waals surface area contributed by atoms with Gasteiger partial charge in [0.05, 0.1) is 6.54 Å². The lowest BCUT2D eigenvalue weighted by molar-refractivity contribution is -0.132. The summed E-state index contributed by atoms with van der Waals surface area (Å²) in [5, 5.41) is 3.72. The predicted molar refractivity (Wildman–Crippen MR) is 94.1 cm³/mol. The normalized spacial score (nSPS) is 15.5. The highest BCUT2D eigenvalue weighted by Crippen LogP contribution is 2.09. The number of hydrogen-bond acceptors (Lipinski definition) is 3. The number of carbonyl (C=O) groups excluding carboxylic acids is 1. The van der Waals surface area contributed by atoms with E-state index in [-0.39, 0.29) is 5.91 Å². The summed E-state index contributed by atoms with van der Waals surface area (Å²) in [6.45, 7) is 5.80. The summed E-state index contributed by atoms with van der Waals surface area (Å²) < 4.78 is 0. The average molecular weight is 320 g/mol. The molecule has 1 saturated heterocycles. The van der Waals surface area contributed by atoms with Crippen molar-refractivity contribution in [3.05, 3.63) is 29.8 Å². The lowest BCUT2D eigenvalue weighted by atomic mass is 10.2. The van der Waals surface area contributed by atoms with E-state index in [0.29, 0.717) is 11.7 Å². The number of likely N-dealkylation sites (N-methyl/N-ethyl adjacent to an activating group) is 2. The van der Waals surface area contributed by atoms with Crippen molar-refractivity contribution in [2.45, 2.75) is 6.92 Å². The minimum atomic E-state index is 0.128. The molecule has 1 aromatic carbocycles. The van der Waals surface area contributed by atoms with Crippen molar-refractivity contribution in [3.8, 4) is 0 Å². The summed E-state index contributed by atoms with van der Waals surface area (Å²) in [5.41, 5.74) is 2.14. The number of aryl methyl sites for hydroxylation is 1. The van der Waals surface area contributed by atoms with Crippen molar-refractivity contribution in [2.75, 3.05) is 52.1 Å². The molecular formula is C16H24N4OS. The molecule has 1 fully saturated rings. The molecule has 0 bridgehead atoms. The van der Waals surface area contributed by atoms with Crippen LogP contribution in [0, 0.1) is 6.92 Å². The summed E-state index contributed by atoms with van der Waals surface area (Å²) in [7, 11) is 3.92. The number of rotatable bonds is 3. The average Bonchev–Trinajstić information content (AvgIpc) is 2.50. The molecule has 0 aromatic heterocycles. The first-order valence-corrected chi connectivity index (χ1v) is 7.91. The lowest BCUT2D eigenvalue weighted by Crippen LogP contribution is -2.50. The first kappa shape index (κ1) is 16.7. The maximum absolute atomic E-state index is 12.3. The van der Waals surface area contributed by atoms with Gasteiger partial charge in [0.25, 0.3) is 0 Å². The first-order valence-electron chi connectivity index (χ1n) is 7.51. The zero-order chi connectivity index (χ0) is 16.1. The van der Waals surface area contributed by atoms with E-state index >= 15 is 0 Å². The number of amides is 1. The van der Waals surface area contributed by atoms with E-state index in [0.717, 1.165) is 31.9 Å². The molecule has 1 N–H and O–H groups in total. The fraction of sp³-hybridized carbons (Fsp3) is 0.500. The molecule has 1 heterocycles. The van der Waals surface area contributed by atoms with Crippen molar-refractivity contribution >= 4 is 28.9 Å². The first-order chi connectivity index (χ1) is 10.5. The van der Waals surface area contributed by atoms with Crippen LogP contribution in [-0.2, 0) is 4.79 Å². The van der Waals surface area contributed by atoms with Crippen LogP contribution in [0.3, 0.4) is 0 Å². The molecule has 22 heavy (non-hydrogen) atoms. The molecule has 1 aliphatic rings. The molecule has 2 rings (SSSR count). The molecule has 0 radical (unpaired) electrons. The molecule has 5 nitrogen and oxygen atoms in total. The van der Waals surface area contributed by atoms with Crippen LogP contribution < -0.4 is 5.32 Å². The molecule has 6 heteroatoms. The number of anilines is 1. The van der Waals surface area contributed by atoms with E-state index in [1.807, 2.05) is 43.1 Å².